The van der Waals surface area contributed by atoms with Crippen molar-refractivity contribution < 1.29 is 9.47 Å². The van der Waals surface area contributed by atoms with E-state index in [-0.39, 0.29) is 11.5 Å². The molecule has 1 rings (SSSR count). The van der Waals surface area contributed by atoms with Gasteiger partial charge in [-0.25, -0.2) is 10.4 Å². The standard InChI is InChI=1S/C13H24N2O2/c1-6-11(16-5)12(13(2,3)4)14-15-7-9-17-10-8-15/h12,14H,1,7-10H2,2-5H3. The molecule has 0 bridgehead atoms. The summed E-state index contributed by atoms with van der Waals surface area (Å²) in [6, 6.07) is 0.0723. The van der Waals surface area contributed by atoms with E-state index in [0.717, 1.165) is 32.1 Å². The van der Waals surface area contributed by atoms with Gasteiger partial charge in [-0.3, -0.25) is 0 Å². The highest BCUT2D eigenvalue weighted by molar-refractivity contribution is 5.05. The maximum Gasteiger partial charge on any atom is 0.156 e. The molecule has 0 radical (unpaired) electrons. The van der Waals surface area contributed by atoms with Crippen LogP contribution in [0.5, 0.6) is 0 Å². The number of morpholine rings is 1. The molecule has 1 saturated heterocycles. The smallest absolute Gasteiger partial charge is 0.156 e. The summed E-state index contributed by atoms with van der Waals surface area (Å²) in [7, 11) is 1.66. The molecule has 1 aliphatic heterocycles. The van der Waals surface area contributed by atoms with Crippen LogP contribution in [-0.4, -0.2) is 44.5 Å². The highest BCUT2D eigenvalue weighted by Gasteiger charge is 2.31. The Kier molecular flexibility index (Phi) is 5.22. The summed E-state index contributed by atoms with van der Waals surface area (Å²) in [5.74, 6) is 0.754. The van der Waals surface area contributed by atoms with E-state index in [0.29, 0.717) is 0 Å². The van der Waals surface area contributed by atoms with Crippen LogP contribution >= 0.6 is 0 Å². The van der Waals surface area contributed by atoms with Crippen LogP contribution in [0.3, 0.4) is 0 Å². The van der Waals surface area contributed by atoms with E-state index in [2.05, 4.69) is 43.5 Å². The highest BCUT2D eigenvalue weighted by Crippen LogP contribution is 2.25. The second-order valence-electron chi connectivity index (χ2n) is 5.27. The fraction of sp³-hybridized carbons (Fsp3) is 0.769. The van der Waals surface area contributed by atoms with Crippen LogP contribution in [0.4, 0.5) is 0 Å². The highest BCUT2D eigenvalue weighted by atomic mass is 16.5. The summed E-state index contributed by atoms with van der Waals surface area (Å²) >= 11 is 0. The van der Waals surface area contributed by atoms with Gasteiger partial charge in [-0.15, -0.1) is 0 Å². The van der Waals surface area contributed by atoms with Gasteiger partial charge < -0.3 is 9.47 Å². The molecule has 0 saturated carbocycles. The van der Waals surface area contributed by atoms with Crippen LogP contribution in [0.15, 0.2) is 18.1 Å². The Balaban J connectivity index is 2.73. The summed E-state index contributed by atoms with van der Waals surface area (Å²) in [6.45, 7) is 13.5. The van der Waals surface area contributed by atoms with E-state index in [4.69, 9.17) is 9.47 Å². The fourth-order valence-electron chi connectivity index (χ4n) is 1.81. The second-order valence-corrected chi connectivity index (χ2v) is 5.27. The van der Waals surface area contributed by atoms with E-state index in [9.17, 15) is 0 Å². The van der Waals surface area contributed by atoms with Crippen molar-refractivity contribution in [2.24, 2.45) is 5.41 Å². The first-order valence-electron chi connectivity index (χ1n) is 6.02. The van der Waals surface area contributed by atoms with Crippen LogP contribution in [0.2, 0.25) is 0 Å². The minimum atomic E-state index is 0.0360. The van der Waals surface area contributed by atoms with Gasteiger partial charge in [-0.2, -0.15) is 0 Å². The Morgan fingerprint density at radius 2 is 2.00 bits per heavy atom. The van der Waals surface area contributed by atoms with Gasteiger partial charge in [0, 0.05) is 13.1 Å². The molecule has 1 unspecified atom stereocenters. The summed E-state index contributed by atoms with van der Waals surface area (Å²) in [4.78, 5) is 0. The zero-order chi connectivity index (χ0) is 12.9. The molecule has 1 atom stereocenters. The van der Waals surface area contributed by atoms with E-state index in [1.54, 1.807) is 7.11 Å². The molecule has 0 aromatic heterocycles. The van der Waals surface area contributed by atoms with Crippen molar-refractivity contribution >= 4 is 0 Å². The Bertz CT molecular complexity index is 284. The number of hydrogen-bond acceptors (Lipinski definition) is 4. The molecule has 17 heavy (non-hydrogen) atoms. The number of hydrazine groups is 1. The molecule has 98 valence electrons. The number of rotatable bonds is 4. The van der Waals surface area contributed by atoms with Gasteiger partial charge in [0.15, 0.2) is 5.76 Å². The van der Waals surface area contributed by atoms with Crippen molar-refractivity contribution in [3.8, 4) is 0 Å². The van der Waals surface area contributed by atoms with Crippen molar-refractivity contribution in [2.45, 2.75) is 26.8 Å². The quantitative estimate of drug-likeness (QED) is 0.597. The van der Waals surface area contributed by atoms with E-state index in [1.807, 2.05) is 0 Å². The normalized spacial score (nSPS) is 19.5. The lowest BCUT2D eigenvalue weighted by Crippen LogP contribution is -2.54. The molecule has 1 fully saturated rings. The van der Waals surface area contributed by atoms with Gasteiger partial charge in [0.25, 0.3) is 0 Å². The fourth-order valence-corrected chi connectivity index (χ4v) is 1.81. The summed E-state index contributed by atoms with van der Waals surface area (Å²) in [5, 5.41) is 2.18. The van der Waals surface area contributed by atoms with Gasteiger partial charge in [0.2, 0.25) is 0 Å². The van der Waals surface area contributed by atoms with Gasteiger partial charge in [-0.05, 0) is 5.41 Å². The second kappa shape index (κ2) is 6.22. The van der Waals surface area contributed by atoms with E-state index >= 15 is 0 Å². The summed E-state index contributed by atoms with van der Waals surface area (Å²) < 4.78 is 10.7. The maximum absolute atomic E-state index is 5.35. The van der Waals surface area contributed by atoms with Crippen molar-refractivity contribution in [3.05, 3.63) is 18.1 Å². The molecule has 0 spiro atoms. The largest absolute Gasteiger partial charge is 0.491 e. The zero-order valence-electron chi connectivity index (χ0n) is 11.4. The molecule has 1 aliphatic rings. The van der Waals surface area contributed by atoms with Crippen molar-refractivity contribution in [1.82, 2.24) is 10.4 Å². The predicted molar refractivity (Wildman–Crippen MR) is 68.4 cm³/mol. The molecule has 0 aromatic carbocycles. The zero-order valence-corrected chi connectivity index (χ0v) is 11.4. The van der Waals surface area contributed by atoms with Crippen molar-refractivity contribution in [1.29, 1.82) is 0 Å². The van der Waals surface area contributed by atoms with Gasteiger partial charge in [0.1, 0.15) is 0 Å². The molecule has 4 heteroatoms. The Labute approximate surface area is 104 Å². The minimum Gasteiger partial charge on any atom is -0.491 e. The third kappa shape index (κ3) is 4.17. The van der Waals surface area contributed by atoms with Crippen LogP contribution in [0.1, 0.15) is 20.8 Å². The molecular formula is C13H24N2O2. The molecule has 0 amide bonds. The van der Waals surface area contributed by atoms with Crippen LogP contribution in [-0.2, 0) is 9.47 Å². The summed E-state index contributed by atoms with van der Waals surface area (Å²) in [5.41, 5.74) is 6.39. The van der Waals surface area contributed by atoms with Crippen LogP contribution < -0.4 is 5.43 Å². The van der Waals surface area contributed by atoms with Crippen LogP contribution in [0, 0.1) is 5.41 Å². The topological polar surface area (TPSA) is 33.7 Å². The third-order valence-corrected chi connectivity index (χ3v) is 2.85. The Morgan fingerprint density at radius 3 is 2.41 bits per heavy atom. The molecule has 1 heterocycles. The van der Waals surface area contributed by atoms with E-state index < -0.39 is 0 Å². The lowest BCUT2D eigenvalue weighted by molar-refractivity contribution is -0.00935. The van der Waals surface area contributed by atoms with Gasteiger partial charge >= 0.3 is 0 Å². The first-order chi connectivity index (χ1) is 7.99. The predicted octanol–water partition coefficient (Wildman–Crippen LogP) is 1.55. The monoisotopic (exact) mass is 240 g/mol. The lowest BCUT2D eigenvalue weighted by atomic mass is 9.86. The Morgan fingerprint density at radius 1 is 1.41 bits per heavy atom. The molecule has 0 aliphatic carbocycles. The molecular weight excluding hydrogens is 216 g/mol. The molecule has 1 N–H and O–H groups in total. The molecule has 0 aromatic rings. The van der Waals surface area contributed by atoms with Crippen LogP contribution in [0.25, 0.3) is 0 Å². The van der Waals surface area contributed by atoms with Gasteiger partial charge in [-0.1, -0.05) is 33.1 Å². The Hall–Kier alpha value is -0.800. The lowest BCUT2D eigenvalue weighted by Gasteiger charge is -2.37. The number of nitrogens with one attached hydrogen (secondary N) is 1. The minimum absolute atomic E-state index is 0.0360. The molecule has 4 nitrogen and oxygen atoms in total. The average molecular weight is 240 g/mol. The third-order valence-electron chi connectivity index (χ3n) is 2.85. The first-order valence-corrected chi connectivity index (χ1v) is 6.02. The number of methoxy groups -OCH3 is 1. The van der Waals surface area contributed by atoms with Gasteiger partial charge in [0.05, 0.1) is 26.4 Å². The maximum atomic E-state index is 5.35. The summed E-state index contributed by atoms with van der Waals surface area (Å²) in [6.07, 6.45) is 0. The SMILES string of the molecule is C=C=C(OC)C(NN1CCOCC1)C(C)(C)C. The van der Waals surface area contributed by atoms with Crippen molar-refractivity contribution in [2.75, 3.05) is 33.4 Å². The average Bonchev–Trinajstić information content (AvgIpc) is 2.29. The number of ether oxygens (including phenoxy) is 2. The van der Waals surface area contributed by atoms with E-state index in [1.165, 1.54) is 0 Å². The number of hydrogen-bond donors (Lipinski definition) is 1. The first kappa shape index (κ1) is 14.3. The number of nitrogens with zero attached hydrogens (tertiary/aromatic N) is 1. The van der Waals surface area contributed by atoms with Crippen molar-refractivity contribution in [3.63, 3.8) is 0 Å².